The summed E-state index contributed by atoms with van der Waals surface area (Å²) < 4.78 is 0. The van der Waals surface area contributed by atoms with Crippen molar-refractivity contribution in [3.63, 3.8) is 0 Å². The molecule has 3 aromatic rings. The first kappa shape index (κ1) is 30.3. The molecule has 4 rings (SSSR count). The lowest BCUT2D eigenvalue weighted by Gasteiger charge is -2.32. The van der Waals surface area contributed by atoms with E-state index >= 15 is 0 Å². The van der Waals surface area contributed by atoms with Gasteiger partial charge < -0.3 is 30.5 Å². The van der Waals surface area contributed by atoms with Gasteiger partial charge in [-0.1, -0.05) is 36.4 Å². The highest BCUT2D eigenvalue weighted by molar-refractivity contribution is 6.09. The Morgan fingerprint density at radius 2 is 1.83 bits per heavy atom. The number of carboxylic acids is 1. The number of anilines is 1. The summed E-state index contributed by atoms with van der Waals surface area (Å²) >= 11 is 0. The van der Waals surface area contributed by atoms with Crippen LogP contribution in [0.2, 0.25) is 0 Å². The van der Waals surface area contributed by atoms with Gasteiger partial charge >= 0.3 is 5.97 Å². The van der Waals surface area contributed by atoms with Crippen molar-refractivity contribution >= 4 is 46.6 Å². The maximum atomic E-state index is 14.2. The van der Waals surface area contributed by atoms with E-state index in [1.807, 2.05) is 24.3 Å². The molecule has 3 amide bonds. The van der Waals surface area contributed by atoms with Crippen LogP contribution < -0.4 is 15.5 Å². The molecule has 1 aliphatic heterocycles. The Kier molecular flexibility index (Phi) is 10.3. The van der Waals surface area contributed by atoms with Crippen molar-refractivity contribution in [2.75, 3.05) is 18.1 Å². The number of hydrogen-bond donors (Lipinski definition) is 4. The minimum absolute atomic E-state index is 0.000498. The number of aliphatic carboxylic acids is 1. The predicted molar refractivity (Wildman–Crippen MR) is 155 cm³/mol. The molecule has 0 fully saturated rings. The van der Waals surface area contributed by atoms with Gasteiger partial charge in [-0.25, -0.2) is 0 Å². The van der Waals surface area contributed by atoms with Crippen LogP contribution in [0, 0.1) is 5.92 Å². The average Bonchev–Trinajstić information content (AvgIpc) is 2.99. The summed E-state index contributed by atoms with van der Waals surface area (Å²) in [5.41, 5.74) is 2.08. The molecule has 11 nitrogen and oxygen atoms in total. The highest BCUT2D eigenvalue weighted by Crippen LogP contribution is 2.29. The van der Waals surface area contributed by atoms with E-state index in [-0.39, 0.29) is 18.9 Å². The van der Waals surface area contributed by atoms with Gasteiger partial charge in [0.05, 0.1) is 23.5 Å². The lowest BCUT2D eigenvalue weighted by molar-refractivity contribution is -0.138. The smallest absolute Gasteiger partial charge is 0.305 e. The first-order chi connectivity index (χ1) is 20.3. The Morgan fingerprint density at radius 1 is 1.05 bits per heavy atom. The number of rotatable bonds is 10. The Hall–Kier alpha value is -4.64. The molecule has 1 aliphatic rings. The van der Waals surface area contributed by atoms with E-state index in [0.29, 0.717) is 42.3 Å². The van der Waals surface area contributed by atoms with Crippen molar-refractivity contribution in [2.24, 2.45) is 5.92 Å². The molecule has 0 aliphatic carbocycles. The number of fused-ring (bicyclic) bond motifs is 2. The second-order valence-electron chi connectivity index (χ2n) is 10.4. The van der Waals surface area contributed by atoms with Crippen LogP contribution >= 0.6 is 0 Å². The van der Waals surface area contributed by atoms with Crippen LogP contribution in [0.15, 0.2) is 60.8 Å². The topological polar surface area (TPSA) is 166 Å². The fourth-order valence-corrected chi connectivity index (χ4v) is 5.33. The highest BCUT2D eigenvalue weighted by Gasteiger charge is 2.32. The van der Waals surface area contributed by atoms with Crippen LogP contribution in [0.1, 0.15) is 48.0 Å². The normalized spacial score (nSPS) is 18.0. The summed E-state index contributed by atoms with van der Waals surface area (Å²) in [7, 11) is 0. The summed E-state index contributed by atoms with van der Waals surface area (Å²) in [6, 6.07) is 13.7. The largest absolute Gasteiger partial charge is 0.481 e. The van der Waals surface area contributed by atoms with E-state index in [0.717, 1.165) is 17.4 Å². The van der Waals surface area contributed by atoms with Crippen molar-refractivity contribution in [3.05, 3.63) is 71.9 Å². The van der Waals surface area contributed by atoms with Crippen LogP contribution in [0.4, 0.5) is 5.69 Å². The van der Waals surface area contributed by atoms with Gasteiger partial charge in [-0.2, -0.15) is 0 Å². The maximum absolute atomic E-state index is 14.2. The minimum Gasteiger partial charge on any atom is -0.481 e. The fraction of sp³-hybridized carbons (Fsp3) is 0.355. The lowest BCUT2D eigenvalue weighted by atomic mass is 9.89. The van der Waals surface area contributed by atoms with E-state index in [4.69, 9.17) is 5.11 Å². The van der Waals surface area contributed by atoms with E-state index in [1.54, 1.807) is 36.5 Å². The van der Waals surface area contributed by atoms with Crippen molar-refractivity contribution < 1.29 is 34.2 Å². The fourth-order valence-electron chi connectivity index (χ4n) is 5.33. The van der Waals surface area contributed by atoms with Gasteiger partial charge in [-0.15, -0.1) is 0 Å². The summed E-state index contributed by atoms with van der Waals surface area (Å²) in [4.78, 5) is 68.9. The van der Waals surface area contributed by atoms with E-state index in [2.05, 4.69) is 15.6 Å². The number of benzene rings is 2. The Labute approximate surface area is 242 Å². The van der Waals surface area contributed by atoms with Gasteiger partial charge in [0.2, 0.25) is 11.8 Å². The van der Waals surface area contributed by atoms with Gasteiger partial charge in [0.1, 0.15) is 18.9 Å². The molecule has 0 bridgehead atoms. The molecule has 4 N–H and O–H groups in total. The van der Waals surface area contributed by atoms with Crippen LogP contribution in [-0.2, 0) is 25.6 Å². The zero-order valence-corrected chi connectivity index (χ0v) is 23.1. The first-order valence-electron chi connectivity index (χ1n) is 13.9. The number of carbonyl (C=O) groups is 5. The van der Waals surface area contributed by atoms with Gasteiger partial charge in [0, 0.05) is 23.9 Å². The third kappa shape index (κ3) is 7.55. The van der Waals surface area contributed by atoms with Crippen LogP contribution in [0.25, 0.3) is 10.9 Å². The van der Waals surface area contributed by atoms with Crippen molar-refractivity contribution in [2.45, 2.75) is 50.6 Å². The number of carboxylic acid groups (broad SMARTS) is 1. The number of aryl methyl sites for hydroxylation is 1. The molecule has 11 heteroatoms. The Balaban J connectivity index is 1.68. The summed E-state index contributed by atoms with van der Waals surface area (Å²) in [6.45, 7) is -0.485. The number of aldehydes is 1. The predicted octanol–water partition coefficient (Wildman–Crippen LogP) is 2.25. The number of amides is 3. The number of nitrogens with zero attached hydrogens (tertiary/aromatic N) is 2. The molecule has 0 radical (unpaired) electrons. The number of nitrogens with one attached hydrogen (secondary N) is 2. The zero-order chi connectivity index (χ0) is 30.1. The molecule has 2 heterocycles. The molecule has 0 saturated carbocycles. The van der Waals surface area contributed by atoms with Crippen molar-refractivity contribution in [3.8, 4) is 0 Å². The summed E-state index contributed by atoms with van der Waals surface area (Å²) in [5.74, 6) is -2.88. The van der Waals surface area contributed by atoms with Gasteiger partial charge in [-0.05, 0) is 61.8 Å². The molecule has 3 atom stereocenters. The van der Waals surface area contributed by atoms with Gasteiger partial charge in [0.15, 0.2) is 0 Å². The van der Waals surface area contributed by atoms with E-state index in [9.17, 15) is 29.1 Å². The number of carbonyl (C=O) groups excluding carboxylic acids is 4. The Bertz CT molecular complexity index is 1450. The standard InChI is InChI=1S/C31H34N4O7/c36-16-14-20-10-12-21-5-1-2-9-26(21)35(18-27(38)33-23(19-37)17-28(39)40)31(42)25(13-11-20)34-30(41)24-8-3-6-22-7-4-15-32-29(22)24/h1-9,15,19-20,23,25,36H,10-14,16-18H2,(H,33,38)(H,34,41)(H,39,40)/t20?,23-,25-/m0/s1. The molecule has 42 heavy (non-hydrogen) atoms. The average molecular weight is 575 g/mol. The molecule has 220 valence electrons. The third-order valence-electron chi connectivity index (χ3n) is 7.46. The summed E-state index contributed by atoms with van der Waals surface area (Å²) in [6.07, 6.45) is 4.03. The van der Waals surface area contributed by atoms with Crippen LogP contribution in [0.3, 0.4) is 0 Å². The lowest BCUT2D eigenvalue weighted by Crippen LogP contribution is -2.53. The number of pyridine rings is 1. The zero-order valence-electron chi connectivity index (χ0n) is 23.1. The second kappa shape index (κ2) is 14.3. The van der Waals surface area contributed by atoms with Crippen molar-refractivity contribution in [1.82, 2.24) is 15.6 Å². The number of aliphatic hydroxyl groups excluding tert-OH is 1. The molecular formula is C31H34N4O7. The highest BCUT2D eigenvalue weighted by atomic mass is 16.4. The molecule has 0 spiro atoms. The number of para-hydroxylation sites is 2. The maximum Gasteiger partial charge on any atom is 0.305 e. The Morgan fingerprint density at radius 3 is 2.60 bits per heavy atom. The SMILES string of the molecule is O=C[C@H](CC(=O)O)NC(=O)CN1C(=O)[C@@H](NC(=O)c2cccc3cccnc23)CCC(CCO)CCc2ccccc21. The van der Waals surface area contributed by atoms with Gasteiger partial charge in [-0.3, -0.25) is 24.2 Å². The first-order valence-corrected chi connectivity index (χ1v) is 13.9. The van der Waals surface area contributed by atoms with Gasteiger partial charge in [0.25, 0.3) is 5.91 Å². The number of aromatic nitrogens is 1. The number of hydrogen-bond acceptors (Lipinski definition) is 7. The number of aliphatic hydroxyl groups is 1. The van der Waals surface area contributed by atoms with Crippen LogP contribution in [-0.4, -0.2) is 70.4 Å². The molecule has 1 aromatic heterocycles. The molecule has 0 saturated heterocycles. The minimum atomic E-state index is -1.25. The van der Waals surface area contributed by atoms with E-state index < -0.39 is 48.7 Å². The monoisotopic (exact) mass is 574 g/mol. The molecule has 2 aromatic carbocycles. The van der Waals surface area contributed by atoms with Crippen molar-refractivity contribution in [1.29, 1.82) is 0 Å². The van der Waals surface area contributed by atoms with E-state index in [1.165, 1.54) is 4.90 Å². The second-order valence-corrected chi connectivity index (χ2v) is 10.4. The molecular weight excluding hydrogens is 540 g/mol. The third-order valence-corrected chi connectivity index (χ3v) is 7.46. The molecule has 1 unspecified atom stereocenters. The quantitative estimate of drug-likeness (QED) is 0.268. The van der Waals surface area contributed by atoms with Crippen LogP contribution in [0.5, 0.6) is 0 Å². The summed E-state index contributed by atoms with van der Waals surface area (Å²) in [5, 5.41) is 24.7.